The molecule has 1 heterocycles. The van der Waals surface area contributed by atoms with E-state index in [1.165, 1.54) is 12.1 Å². The summed E-state index contributed by atoms with van der Waals surface area (Å²) in [5.41, 5.74) is 0.756. The van der Waals surface area contributed by atoms with E-state index in [-0.39, 0.29) is 11.3 Å². The topological polar surface area (TPSA) is 58.8 Å². The van der Waals surface area contributed by atoms with Crippen molar-refractivity contribution in [2.45, 2.75) is 33.4 Å². The first-order chi connectivity index (χ1) is 12.2. The fourth-order valence-corrected chi connectivity index (χ4v) is 2.66. The normalized spacial score (nSPS) is 12.7. The Labute approximate surface area is 150 Å². The molecule has 0 N–H and O–H groups in total. The third kappa shape index (κ3) is 5.19. The predicted octanol–water partition coefficient (Wildman–Crippen LogP) is 5.10. The van der Waals surface area contributed by atoms with E-state index in [9.17, 15) is 18.4 Å². The van der Waals surface area contributed by atoms with Crippen LogP contribution in [-0.2, 0) is 6.18 Å². The molecule has 0 radical (unpaired) electrons. The van der Waals surface area contributed by atoms with E-state index in [1.54, 1.807) is 12.1 Å². The van der Waals surface area contributed by atoms with Gasteiger partial charge >= 0.3 is 6.18 Å². The summed E-state index contributed by atoms with van der Waals surface area (Å²) >= 11 is 0. The van der Waals surface area contributed by atoms with Gasteiger partial charge in [-0.2, -0.15) is 18.4 Å². The average molecular weight is 363 g/mol. The minimum absolute atomic E-state index is 0.101. The molecule has 2 aromatic rings. The smallest absolute Gasteiger partial charge is 0.451 e. The van der Waals surface area contributed by atoms with Crippen LogP contribution < -0.4 is 4.74 Å². The molecule has 138 valence electrons. The molecule has 1 unspecified atom stereocenters. The van der Waals surface area contributed by atoms with Crippen molar-refractivity contribution < 1.29 is 17.9 Å². The van der Waals surface area contributed by atoms with Crippen LogP contribution in [0.25, 0.3) is 11.3 Å². The molecular weight excluding hydrogens is 343 g/mol. The van der Waals surface area contributed by atoms with Gasteiger partial charge in [0.2, 0.25) is 5.82 Å². The molecule has 0 saturated carbocycles. The van der Waals surface area contributed by atoms with E-state index in [1.807, 2.05) is 6.07 Å². The monoisotopic (exact) mass is 363 g/mol. The van der Waals surface area contributed by atoms with Crippen LogP contribution in [0.1, 0.15) is 38.6 Å². The Morgan fingerprint density at radius 2 is 1.92 bits per heavy atom. The average Bonchev–Trinajstić information content (AvgIpc) is 2.58. The van der Waals surface area contributed by atoms with Crippen LogP contribution in [-0.4, -0.2) is 16.6 Å². The van der Waals surface area contributed by atoms with Crippen LogP contribution in [0, 0.1) is 23.2 Å². The number of ether oxygens (including phenoxy) is 1. The van der Waals surface area contributed by atoms with Crippen molar-refractivity contribution in [1.29, 1.82) is 5.26 Å². The number of rotatable bonds is 6. The maximum absolute atomic E-state index is 12.8. The summed E-state index contributed by atoms with van der Waals surface area (Å²) in [6, 6.07) is 8.05. The van der Waals surface area contributed by atoms with Crippen molar-refractivity contribution >= 4 is 0 Å². The van der Waals surface area contributed by atoms with Gasteiger partial charge in [-0.3, -0.25) is 0 Å². The Morgan fingerprint density at radius 3 is 2.54 bits per heavy atom. The molecule has 2 rings (SSSR count). The van der Waals surface area contributed by atoms with Gasteiger partial charge in [0, 0.05) is 11.8 Å². The van der Waals surface area contributed by atoms with Gasteiger partial charge in [-0.25, -0.2) is 9.97 Å². The number of halogens is 3. The molecular formula is C19H20F3N3O. The number of hydrogen-bond donors (Lipinski definition) is 0. The lowest BCUT2D eigenvalue weighted by atomic mass is 10.00. The molecule has 0 bridgehead atoms. The Hall–Kier alpha value is -2.62. The molecule has 26 heavy (non-hydrogen) atoms. The van der Waals surface area contributed by atoms with Crippen molar-refractivity contribution in [1.82, 2.24) is 9.97 Å². The highest BCUT2D eigenvalue weighted by Gasteiger charge is 2.34. The highest BCUT2D eigenvalue weighted by molar-refractivity contribution is 5.64. The van der Waals surface area contributed by atoms with Crippen molar-refractivity contribution in [2.75, 3.05) is 6.61 Å². The molecule has 0 aliphatic heterocycles. The van der Waals surface area contributed by atoms with Crippen molar-refractivity contribution in [2.24, 2.45) is 11.8 Å². The van der Waals surface area contributed by atoms with Crippen LogP contribution in [0.15, 0.2) is 30.5 Å². The number of alkyl halides is 3. The summed E-state index contributed by atoms with van der Waals surface area (Å²) in [5.74, 6) is 0.0812. The van der Waals surface area contributed by atoms with Gasteiger partial charge in [0.05, 0.1) is 17.9 Å². The Balaban J connectivity index is 2.22. The molecule has 0 saturated heterocycles. The van der Waals surface area contributed by atoms with Crippen LogP contribution >= 0.6 is 0 Å². The van der Waals surface area contributed by atoms with Crippen LogP contribution in [0.5, 0.6) is 5.75 Å². The summed E-state index contributed by atoms with van der Waals surface area (Å²) in [6.07, 6.45) is -2.57. The second-order valence-electron chi connectivity index (χ2n) is 6.63. The predicted molar refractivity (Wildman–Crippen MR) is 91.3 cm³/mol. The van der Waals surface area contributed by atoms with E-state index in [0.717, 1.165) is 12.6 Å². The fourth-order valence-electron chi connectivity index (χ4n) is 2.66. The maximum atomic E-state index is 12.8. The van der Waals surface area contributed by atoms with E-state index in [0.29, 0.717) is 29.8 Å². The summed E-state index contributed by atoms with van der Waals surface area (Å²) in [7, 11) is 0. The maximum Gasteiger partial charge on any atom is 0.451 e. The highest BCUT2D eigenvalue weighted by Crippen LogP contribution is 2.29. The quantitative estimate of drug-likeness (QED) is 0.717. The number of nitriles is 1. The lowest BCUT2D eigenvalue weighted by molar-refractivity contribution is -0.144. The first-order valence-corrected chi connectivity index (χ1v) is 8.28. The molecule has 1 aromatic carbocycles. The van der Waals surface area contributed by atoms with Gasteiger partial charge < -0.3 is 4.74 Å². The summed E-state index contributed by atoms with van der Waals surface area (Å²) in [5, 5.41) is 9.34. The van der Waals surface area contributed by atoms with E-state index >= 15 is 0 Å². The number of benzene rings is 1. The summed E-state index contributed by atoms with van der Waals surface area (Å²) in [4.78, 5) is 6.78. The third-order valence-corrected chi connectivity index (χ3v) is 3.70. The first kappa shape index (κ1) is 19.7. The van der Waals surface area contributed by atoms with E-state index in [2.05, 4.69) is 30.7 Å². The zero-order chi connectivity index (χ0) is 19.3. The van der Waals surface area contributed by atoms with Gasteiger partial charge in [-0.1, -0.05) is 20.8 Å². The number of nitrogens with zero attached hydrogens (tertiary/aromatic N) is 3. The lowest BCUT2D eigenvalue weighted by Gasteiger charge is -2.16. The molecule has 7 heteroatoms. The second-order valence-corrected chi connectivity index (χ2v) is 6.63. The van der Waals surface area contributed by atoms with Crippen LogP contribution in [0.3, 0.4) is 0 Å². The summed E-state index contributed by atoms with van der Waals surface area (Å²) in [6.45, 7) is 6.80. The molecule has 0 amide bonds. The van der Waals surface area contributed by atoms with E-state index in [4.69, 9.17) is 4.74 Å². The van der Waals surface area contributed by atoms with Crippen molar-refractivity contribution in [3.05, 3.63) is 41.9 Å². The molecule has 4 nitrogen and oxygen atoms in total. The lowest BCUT2D eigenvalue weighted by Crippen LogP contribution is -2.12. The Kier molecular flexibility index (Phi) is 6.19. The van der Waals surface area contributed by atoms with Gasteiger partial charge in [0.25, 0.3) is 0 Å². The summed E-state index contributed by atoms with van der Waals surface area (Å²) < 4.78 is 44.0. The third-order valence-electron chi connectivity index (χ3n) is 3.70. The van der Waals surface area contributed by atoms with Gasteiger partial charge in [0.1, 0.15) is 11.8 Å². The Morgan fingerprint density at radius 1 is 1.19 bits per heavy atom. The molecule has 1 aromatic heterocycles. The zero-order valence-electron chi connectivity index (χ0n) is 14.8. The van der Waals surface area contributed by atoms with Crippen molar-refractivity contribution in [3.63, 3.8) is 0 Å². The molecule has 0 spiro atoms. The second kappa shape index (κ2) is 8.17. The van der Waals surface area contributed by atoms with Crippen LogP contribution in [0.2, 0.25) is 0 Å². The standard InChI is InChI=1S/C19H20F3N3O/c1-12(2)8-13(3)11-26-17-5-4-14(9-15(17)10-23)16-6-7-24-18(25-16)19(20,21)22/h4-7,9,12-13H,8,11H2,1-3H3. The highest BCUT2D eigenvalue weighted by atomic mass is 19.4. The SMILES string of the molecule is CC(C)CC(C)COc1ccc(-c2ccnc(C(F)(F)F)n2)cc1C#N. The minimum atomic E-state index is -4.62. The van der Waals surface area contributed by atoms with E-state index < -0.39 is 12.0 Å². The zero-order valence-corrected chi connectivity index (χ0v) is 14.8. The minimum Gasteiger partial charge on any atom is -0.492 e. The fraction of sp³-hybridized carbons (Fsp3) is 0.421. The van der Waals surface area contributed by atoms with Crippen LogP contribution in [0.4, 0.5) is 13.2 Å². The van der Waals surface area contributed by atoms with Gasteiger partial charge in [-0.05, 0) is 42.5 Å². The number of aromatic nitrogens is 2. The molecule has 0 aliphatic carbocycles. The van der Waals surface area contributed by atoms with Crippen molar-refractivity contribution in [3.8, 4) is 23.1 Å². The van der Waals surface area contributed by atoms with Gasteiger partial charge in [-0.15, -0.1) is 0 Å². The molecule has 0 aliphatic rings. The molecule has 1 atom stereocenters. The van der Waals surface area contributed by atoms with Gasteiger partial charge in [0.15, 0.2) is 0 Å². The number of hydrogen-bond acceptors (Lipinski definition) is 4. The first-order valence-electron chi connectivity index (χ1n) is 8.28. The largest absolute Gasteiger partial charge is 0.492 e. The Bertz CT molecular complexity index is 797. The molecule has 0 fully saturated rings.